The van der Waals surface area contributed by atoms with Crippen molar-refractivity contribution >= 4 is 76.6 Å². The van der Waals surface area contributed by atoms with Crippen LogP contribution in [0.3, 0.4) is 0 Å². The SMILES string of the molecule is c1ccc([Si](c2ccccc2)(c2ccc3c(c2)N2B(O3)c3ccccc3-c3ccccc32)c2ccc3c(c2)N2B(O3)c3ccccc3-c3ccccc32)cc1. The Labute approximate surface area is 322 Å². The highest BCUT2D eigenvalue weighted by molar-refractivity contribution is 7.20. The maximum atomic E-state index is 6.88. The Hall–Kier alpha value is -6.69. The van der Waals surface area contributed by atoms with Gasteiger partial charge in [-0.25, -0.2) is 0 Å². The summed E-state index contributed by atoms with van der Waals surface area (Å²) in [5, 5.41) is 5.23. The second-order valence-corrected chi connectivity index (χ2v) is 18.5. The fraction of sp³-hybridized carbons (Fsp3) is 0. The maximum Gasteiger partial charge on any atom is 0.524 e. The molecule has 0 fully saturated rings. The molecule has 0 bridgehead atoms. The molecular formula is C48H32B2N2O2Si. The van der Waals surface area contributed by atoms with Crippen molar-refractivity contribution in [3.63, 3.8) is 0 Å². The van der Waals surface area contributed by atoms with Crippen molar-refractivity contribution < 1.29 is 9.31 Å². The monoisotopic (exact) mass is 718 g/mol. The number of para-hydroxylation sites is 2. The van der Waals surface area contributed by atoms with E-state index in [-0.39, 0.29) is 14.1 Å². The van der Waals surface area contributed by atoms with Crippen LogP contribution in [-0.2, 0) is 0 Å². The molecule has 4 nitrogen and oxygen atoms in total. The maximum absolute atomic E-state index is 6.88. The first-order chi connectivity index (χ1) is 27.3. The van der Waals surface area contributed by atoms with Crippen LogP contribution in [0.5, 0.6) is 11.5 Å². The van der Waals surface area contributed by atoms with Crippen molar-refractivity contribution in [2.45, 2.75) is 0 Å². The summed E-state index contributed by atoms with van der Waals surface area (Å²) in [6, 6.07) is 71.1. The van der Waals surface area contributed by atoms with E-state index in [9.17, 15) is 0 Å². The summed E-state index contributed by atoms with van der Waals surface area (Å²) in [6.45, 7) is 0. The topological polar surface area (TPSA) is 24.9 Å². The predicted octanol–water partition coefficient (Wildman–Crippen LogP) is 6.88. The Morgan fingerprint density at radius 1 is 0.327 bits per heavy atom. The lowest BCUT2D eigenvalue weighted by Gasteiger charge is -2.36. The average molecular weight is 719 g/mol. The minimum atomic E-state index is -2.99. The lowest BCUT2D eigenvalue weighted by atomic mass is 9.65. The van der Waals surface area contributed by atoms with Gasteiger partial charge in [-0.2, -0.15) is 0 Å². The molecule has 4 aliphatic rings. The van der Waals surface area contributed by atoms with E-state index in [2.05, 4.69) is 204 Å². The van der Waals surface area contributed by atoms with Crippen molar-refractivity contribution in [3.05, 3.63) is 194 Å². The van der Waals surface area contributed by atoms with Crippen LogP contribution in [0.15, 0.2) is 194 Å². The second kappa shape index (κ2) is 11.7. The minimum absolute atomic E-state index is 0.239. The van der Waals surface area contributed by atoms with Crippen LogP contribution in [0.25, 0.3) is 22.3 Å². The standard InChI is InChI=1S/C48H32B2N2O2Si/c1-3-15-33(16-4-1)55(34-17-5-2-6-18-34,35-27-29-47-45(31-35)51-43-25-13-9-21-39(43)37-19-7-11-23-41(37)49(51)53-47)36-28-30-48-46(32-36)52-44-26-14-10-22-40(44)38-20-8-12-24-42(38)50(52)54-48/h1-32H. The van der Waals surface area contributed by atoms with Gasteiger partial charge in [0.25, 0.3) is 0 Å². The molecule has 0 N–H and O–H groups in total. The molecule has 4 aliphatic heterocycles. The first-order valence-corrected chi connectivity index (χ1v) is 21.0. The molecule has 8 aromatic carbocycles. The Morgan fingerprint density at radius 3 is 1.16 bits per heavy atom. The third-order valence-electron chi connectivity index (χ3n) is 12.0. The van der Waals surface area contributed by atoms with Gasteiger partial charge >= 0.3 is 14.1 Å². The molecule has 0 amide bonds. The van der Waals surface area contributed by atoms with Crippen LogP contribution in [0, 0.1) is 0 Å². The smallest absolute Gasteiger partial charge is 0.524 e. The van der Waals surface area contributed by atoms with Crippen molar-refractivity contribution in [2.75, 3.05) is 9.62 Å². The van der Waals surface area contributed by atoms with Crippen LogP contribution in [0.1, 0.15) is 0 Å². The normalized spacial score (nSPS) is 14.0. The largest absolute Gasteiger partial charge is 0.536 e. The Bertz CT molecular complexity index is 2640. The van der Waals surface area contributed by atoms with Gasteiger partial charge in [0.15, 0.2) is 8.07 Å². The van der Waals surface area contributed by atoms with E-state index in [0.717, 1.165) is 22.9 Å². The van der Waals surface area contributed by atoms with Gasteiger partial charge in [0.2, 0.25) is 0 Å². The third kappa shape index (κ3) is 4.24. The van der Waals surface area contributed by atoms with Gasteiger partial charge in [0.1, 0.15) is 11.5 Å². The summed E-state index contributed by atoms with van der Waals surface area (Å²) in [5.41, 5.74) is 11.8. The molecular weight excluding hydrogens is 686 g/mol. The molecule has 7 heteroatoms. The van der Waals surface area contributed by atoms with E-state index < -0.39 is 8.07 Å². The number of fused-ring (bicyclic) bond motifs is 16. The van der Waals surface area contributed by atoms with Crippen LogP contribution in [0.2, 0.25) is 0 Å². The summed E-state index contributed by atoms with van der Waals surface area (Å²) in [4.78, 5) is 4.82. The minimum Gasteiger partial charge on any atom is -0.536 e. The molecule has 55 heavy (non-hydrogen) atoms. The van der Waals surface area contributed by atoms with E-state index in [1.54, 1.807) is 0 Å². The highest BCUT2D eigenvalue weighted by Gasteiger charge is 2.49. The molecule has 0 saturated carbocycles. The molecule has 0 saturated heterocycles. The van der Waals surface area contributed by atoms with E-state index >= 15 is 0 Å². The number of nitrogens with zero attached hydrogens (tertiary/aromatic N) is 2. The summed E-state index contributed by atoms with van der Waals surface area (Å²) in [6.07, 6.45) is 0. The van der Waals surface area contributed by atoms with Gasteiger partial charge in [-0.15, -0.1) is 0 Å². The number of hydrogen-bond acceptors (Lipinski definition) is 4. The highest BCUT2D eigenvalue weighted by atomic mass is 28.3. The summed E-state index contributed by atoms with van der Waals surface area (Å²) in [7, 11) is -3.47. The van der Waals surface area contributed by atoms with Crippen LogP contribution >= 0.6 is 0 Å². The van der Waals surface area contributed by atoms with Gasteiger partial charge < -0.3 is 18.9 Å². The Morgan fingerprint density at radius 2 is 0.709 bits per heavy atom. The molecule has 4 heterocycles. The highest BCUT2D eigenvalue weighted by Crippen LogP contribution is 2.48. The quantitative estimate of drug-likeness (QED) is 0.147. The van der Waals surface area contributed by atoms with Crippen molar-refractivity contribution in [1.82, 2.24) is 0 Å². The molecule has 0 atom stereocenters. The lowest BCUT2D eigenvalue weighted by Crippen LogP contribution is -2.74. The molecule has 0 radical (unpaired) electrons. The van der Waals surface area contributed by atoms with Crippen LogP contribution in [-0.4, -0.2) is 22.2 Å². The summed E-state index contributed by atoms with van der Waals surface area (Å²) < 4.78 is 13.8. The molecule has 0 unspecified atom stereocenters. The Kier molecular flexibility index (Phi) is 6.51. The molecule has 256 valence electrons. The summed E-state index contributed by atoms with van der Waals surface area (Å²) >= 11 is 0. The van der Waals surface area contributed by atoms with Gasteiger partial charge in [-0.05, 0) is 79.2 Å². The van der Waals surface area contributed by atoms with E-state index in [4.69, 9.17) is 9.31 Å². The first kappa shape index (κ1) is 30.7. The number of hydrogen-bond donors (Lipinski definition) is 0. The zero-order chi connectivity index (χ0) is 36.1. The van der Waals surface area contributed by atoms with Gasteiger partial charge in [-0.1, -0.05) is 158 Å². The number of benzene rings is 8. The van der Waals surface area contributed by atoms with Crippen LogP contribution < -0.4 is 50.6 Å². The van der Waals surface area contributed by atoms with Crippen molar-refractivity contribution in [1.29, 1.82) is 0 Å². The number of rotatable bonds is 4. The first-order valence-electron chi connectivity index (χ1n) is 19.0. The second-order valence-electron chi connectivity index (χ2n) is 14.7. The van der Waals surface area contributed by atoms with E-state index in [1.807, 2.05) is 0 Å². The predicted molar refractivity (Wildman–Crippen MR) is 230 cm³/mol. The van der Waals surface area contributed by atoms with Crippen molar-refractivity contribution in [2.24, 2.45) is 0 Å². The van der Waals surface area contributed by atoms with E-state index in [0.29, 0.717) is 0 Å². The molecule has 0 aliphatic carbocycles. The van der Waals surface area contributed by atoms with Gasteiger partial charge in [-0.3, -0.25) is 0 Å². The fourth-order valence-electron chi connectivity index (χ4n) is 9.71. The average Bonchev–Trinajstić information content (AvgIpc) is 3.85. The molecule has 0 aromatic heterocycles. The molecule has 8 aromatic rings. The molecule has 0 spiro atoms. The Balaban J connectivity index is 1.10. The van der Waals surface area contributed by atoms with Crippen LogP contribution in [0.4, 0.5) is 22.7 Å². The third-order valence-corrected chi connectivity index (χ3v) is 16.8. The zero-order valence-electron chi connectivity index (χ0n) is 29.8. The summed E-state index contributed by atoms with van der Waals surface area (Å²) in [5.74, 6) is 1.80. The fourth-order valence-corrected chi connectivity index (χ4v) is 14.5. The van der Waals surface area contributed by atoms with Crippen molar-refractivity contribution in [3.8, 4) is 33.8 Å². The zero-order valence-corrected chi connectivity index (χ0v) is 30.8. The van der Waals surface area contributed by atoms with Gasteiger partial charge in [0, 0.05) is 22.5 Å². The molecule has 12 rings (SSSR count). The van der Waals surface area contributed by atoms with E-state index in [1.165, 1.54) is 65.3 Å². The lowest BCUT2D eigenvalue weighted by molar-refractivity contribution is 0.603. The number of anilines is 4. The van der Waals surface area contributed by atoms with Gasteiger partial charge in [0.05, 0.1) is 11.4 Å².